The molecule has 3 nitrogen and oxygen atoms in total. The Balaban J connectivity index is 0.00000176. The van der Waals surface area contributed by atoms with Gasteiger partial charge in [0.15, 0.2) is 0 Å². The van der Waals surface area contributed by atoms with E-state index in [9.17, 15) is 9.18 Å². The number of hydrogen-bond acceptors (Lipinski definition) is 2. The quantitative estimate of drug-likeness (QED) is 0.896. The van der Waals surface area contributed by atoms with Crippen LogP contribution < -0.4 is 10.6 Å². The highest BCUT2D eigenvalue weighted by molar-refractivity contribution is 5.85. The fraction of sp³-hybridized carbons (Fsp3) is 0.588. The summed E-state index contributed by atoms with van der Waals surface area (Å²) in [5, 5.41) is 6.39. The Morgan fingerprint density at radius 2 is 2.09 bits per heavy atom. The highest BCUT2D eigenvalue weighted by atomic mass is 35.5. The molecule has 1 aliphatic carbocycles. The lowest BCUT2D eigenvalue weighted by atomic mass is 9.91. The lowest BCUT2D eigenvalue weighted by Gasteiger charge is -2.24. The number of benzene rings is 1. The summed E-state index contributed by atoms with van der Waals surface area (Å²) in [7, 11) is 0. The van der Waals surface area contributed by atoms with Gasteiger partial charge >= 0.3 is 0 Å². The van der Waals surface area contributed by atoms with Crippen LogP contribution in [-0.2, 0) is 4.79 Å². The third-order valence-electron chi connectivity index (χ3n) is 5.16. The molecule has 0 aromatic heterocycles. The second-order valence-corrected chi connectivity index (χ2v) is 6.61. The molecule has 1 amide bonds. The molecule has 2 N–H and O–H groups in total. The minimum absolute atomic E-state index is 0. The first-order chi connectivity index (χ1) is 10.0. The molecule has 1 aromatic rings. The van der Waals surface area contributed by atoms with E-state index in [-0.39, 0.29) is 41.5 Å². The number of carbonyl (C=O) groups excluding carboxylic acids is 1. The standard InChI is InChI=1S/C17H23FN2O.ClH/c1-11-3-4-13(9-15(11)18)12(2)20-16(21)14-10-17(14)5-7-19-8-6-17;/h3-4,9,12,14,19H,5-8,10H2,1-2H3,(H,20,21);1H. The van der Waals surface area contributed by atoms with E-state index >= 15 is 0 Å². The van der Waals surface area contributed by atoms with Gasteiger partial charge in [-0.2, -0.15) is 0 Å². The maximum absolute atomic E-state index is 13.6. The predicted octanol–water partition coefficient (Wildman–Crippen LogP) is 3.12. The first-order valence-corrected chi connectivity index (χ1v) is 7.79. The summed E-state index contributed by atoms with van der Waals surface area (Å²) in [5.41, 5.74) is 1.70. The summed E-state index contributed by atoms with van der Waals surface area (Å²) in [5.74, 6) is 0.0672. The number of piperidine rings is 1. The molecular weight excluding hydrogens is 303 g/mol. The highest BCUT2D eigenvalue weighted by Crippen LogP contribution is 2.58. The molecule has 5 heteroatoms. The molecule has 22 heavy (non-hydrogen) atoms. The molecule has 3 rings (SSSR count). The van der Waals surface area contributed by atoms with Gasteiger partial charge in [0, 0.05) is 5.92 Å². The van der Waals surface area contributed by atoms with Gasteiger partial charge in [0.05, 0.1) is 6.04 Å². The van der Waals surface area contributed by atoms with E-state index in [4.69, 9.17) is 0 Å². The summed E-state index contributed by atoms with van der Waals surface area (Å²) < 4.78 is 13.6. The molecule has 0 radical (unpaired) electrons. The predicted molar refractivity (Wildman–Crippen MR) is 87.6 cm³/mol. The zero-order chi connectivity index (χ0) is 15.0. The van der Waals surface area contributed by atoms with E-state index in [2.05, 4.69) is 10.6 Å². The molecule has 2 fully saturated rings. The molecule has 1 heterocycles. The summed E-state index contributed by atoms with van der Waals surface area (Å²) in [4.78, 5) is 12.4. The second kappa shape index (κ2) is 6.55. The Morgan fingerprint density at radius 1 is 1.41 bits per heavy atom. The molecular formula is C17H24ClFN2O. The maximum atomic E-state index is 13.6. The average Bonchev–Trinajstić information content (AvgIpc) is 3.16. The molecule has 122 valence electrons. The fourth-order valence-electron chi connectivity index (χ4n) is 3.47. The van der Waals surface area contributed by atoms with E-state index in [1.807, 2.05) is 13.0 Å². The number of amides is 1. The fourth-order valence-corrected chi connectivity index (χ4v) is 3.47. The minimum atomic E-state index is -0.213. The van der Waals surface area contributed by atoms with Gasteiger partial charge < -0.3 is 10.6 Å². The van der Waals surface area contributed by atoms with Crippen molar-refractivity contribution in [3.8, 4) is 0 Å². The van der Waals surface area contributed by atoms with Gasteiger partial charge in [-0.25, -0.2) is 4.39 Å². The van der Waals surface area contributed by atoms with Crippen molar-refractivity contribution in [3.63, 3.8) is 0 Å². The summed E-state index contributed by atoms with van der Waals surface area (Å²) >= 11 is 0. The zero-order valence-electron chi connectivity index (χ0n) is 13.1. The largest absolute Gasteiger partial charge is 0.349 e. The van der Waals surface area contributed by atoms with Crippen LogP contribution in [0.2, 0.25) is 0 Å². The van der Waals surface area contributed by atoms with E-state index in [1.165, 1.54) is 6.07 Å². The van der Waals surface area contributed by atoms with Crippen molar-refractivity contribution in [1.29, 1.82) is 0 Å². The zero-order valence-corrected chi connectivity index (χ0v) is 13.9. The van der Waals surface area contributed by atoms with Crippen LogP contribution in [0.15, 0.2) is 18.2 Å². The van der Waals surface area contributed by atoms with Crippen LogP contribution >= 0.6 is 12.4 Å². The van der Waals surface area contributed by atoms with Crippen LogP contribution in [0.3, 0.4) is 0 Å². The third-order valence-corrected chi connectivity index (χ3v) is 5.16. The molecule has 2 unspecified atom stereocenters. The van der Waals surface area contributed by atoms with E-state index < -0.39 is 0 Å². The smallest absolute Gasteiger partial charge is 0.224 e. The number of nitrogens with one attached hydrogen (secondary N) is 2. The van der Waals surface area contributed by atoms with Crippen molar-refractivity contribution in [2.45, 2.75) is 39.2 Å². The Morgan fingerprint density at radius 3 is 2.73 bits per heavy atom. The van der Waals surface area contributed by atoms with Crippen molar-refractivity contribution in [1.82, 2.24) is 10.6 Å². The van der Waals surface area contributed by atoms with Crippen LogP contribution in [0.1, 0.15) is 43.4 Å². The lowest BCUT2D eigenvalue weighted by Crippen LogP contribution is -2.34. The van der Waals surface area contributed by atoms with E-state index in [0.717, 1.165) is 37.9 Å². The second-order valence-electron chi connectivity index (χ2n) is 6.61. The normalized spacial score (nSPS) is 23.5. The molecule has 1 spiro atoms. The van der Waals surface area contributed by atoms with Crippen LogP contribution in [0.25, 0.3) is 0 Å². The summed E-state index contributed by atoms with van der Waals surface area (Å²) in [6.07, 6.45) is 3.20. The molecule has 2 atom stereocenters. The van der Waals surface area contributed by atoms with Crippen molar-refractivity contribution in [3.05, 3.63) is 35.1 Å². The van der Waals surface area contributed by atoms with Crippen molar-refractivity contribution in [2.24, 2.45) is 11.3 Å². The number of hydrogen-bond donors (Lipinski definition) is 2. The molecule has 1 aromatic carbocycles. The monoisotopic (exact) mass is 326 g/mol. The van der Waals surface area contributed by atoms with Gasteiger partial charge in [-0.3, -0.25) is 4.79 Å². The Labute approximate surface area is 137 Å². The Bertz CT molecular complexity index is 558. The van der Waals surface area contributed by atoms with Gasteiger partial charge in [0.25, 0.3) is 0 Å². The van der Waals surface area contributed by atoms with Crippen LogP contribution in [0, 0.1) is 24.1 Å². The van der Waals surface area contributed by atoms with Gasteiger partial charge in [0.1, 0.15) is 5.82 Å². The van der Waals surface area contributed by atoms with Crippen molar-refractivity contribution in [2.75, 3.05) is 13.1 Å². The molecule has 2 aliphatic rings. The number of rotatable bonds is 3. The van der Waals surface area contributed by atoms with Gasteiger partial charge in [-0.15, -0.1) is 12.4 Å². The lowest BCUT2D eigenvalue weighted by molar-refractivity contribution is -0.123. The van der Waals surface area contributed by atoms with Gasteiger partial charge in [-0.05, 0) is 68.8 Å². The SMILES string of the molecule is Cc1ccc(C(C)NC(=O)C2CC23CCNCC3)cc1F.Cl. The van der Waals surface area contributed by atoms with Crippen LogP contribution in [-0.4, -0.2) is 19.0 Å². The molecule has 0 bridgehead atoms. The molecule has 1 saturated carbocycles. The first kappa shape index (κ1) is 17.2. The third kappa shape index (κ3) is 3.28. The summed E-state index contributed by atoms with van der Waals surface area (Å²) in [6, 6.07) is 5.02. The van der Waals surface area contributed by atoms with Gasteiger partial charge in [0.2, 0.25) is 5.91 Å². The highest BCUT2D eigenvalue weighted by Gasteiger charge is 2.57. The van der Waals surface area contributed by atoms with E-state index in [0.29, 0.717) is 5.56 Å². The minimum Gasteiger partial charge on any atom is -0.349 e. The number of halogens is 2. The van der Waals surface area contributed by atoms with Crippen LogP contribution in [0.4, 0.5) is 4.39 Å². The molecule has 1 aliphatic heterocycles. The van der Waals surface area contributed by atoms with Gasteiger partial charge in [-0.1, -0.05) is 12.1 Å². The Hall–Kier alpha value is -1.13. The summed E-state index contributed by atoms with van der Waals surface area (Å²) in [6.45, 7) is 5.69. The van der Waals surface area contributed by atoms with Crippen molar-refractivity contribution >= 4 is 18.3 Å². The number of aryl methyl sites for hydroxylation is 1. The number of carbonyl (C=O) groups is 1. The first-order valence-electron chi connectivity index (χ1n) is 7.79. The Kier molecular flexibility index (Phi) is 5.13. The average molecular weight is 327 g/mol. The van der Waals surface area contributed by atoms with E-state index in [1.54, 1.807) is 13.0 Å². The maximum Gasteiger partial charge on any atom is 0.224 e. The van der Waals surface area contributed by atoms with Crippen LogP contribution in [0.5, 0.6) is 0 Å². The molecule has 1 saturated heterocycles. The van der Waals surface area contributed by atoms with Crippen molar-refractivity contribution < 1.29 is 9.18 Å². The topological polar surface area (TPSA) is 41.1 Å².